The minimum absolute atomic E-state index is 0.0300. The number of hydrogen-bond donors (Lipinski definition) is 2. The fourth-order valence-electron chi connectivity index (χ4n) is 3.15. The second-order valence-electron chi connectivity index (χ2n) is 4.92. The molecule has 1 aromatic rings. The maximum Gasteiger partial charge on any atom is 0.323 e. The van der Waals surface area contributed by atoms with Gasteiger partial charge in [0, 0.05) is 0 Å². The van der Waals surface area contributed by atoms with Crippen LogP contribution in [0.5, 0.6) is 0 Å². The highest BCUT2D eigenvalue weighted by Gasteiger charge is 2.50. The molecule has 0 radical (unpaired) electrons. The zero-order chi connectivity index (χ0) is 12.5. The van der Waals surface area contributed by atoms with Crippen LogP contribution >= 0.6 is 0 Å². The Morgan fingerprint density at radius 2 is 2.12 bits per heavy atom. The van der Waals surface area contributed by atoms with Crippen LogP contribution in [0.15, 0.2) is 30.3 Å². The van der Waals surface area contributed by atoms with Crippen molar-refractivity contribution in [3.05, 3.63) is 35.9 Å². The molecular weight excluding hydrogens is 214 g/mol. The van der Waals surface area contributed by atoms with Gasteiger partial charge in [0.15, 0.2) is 0 Å². The van der Waals surface area contributed by atoms with Crippen molar-refractivity contribution in [2.45, 2.75) is 37.6 Å². The van der Waals surface area contributed by atoms with E-state index in [1.54, 1.807) is 0 Å². The molecule has 0 amide bonds. The fourth-order valence-corrected chi connectivity index (χ4v) is 3.15. The van der Waals surface area contributed by atoms with Crippen LogP contribution in [0.25, 0.3) is 0 Å². The molecule has 3 N–H and O–H groups in total. The monoisotopic (exact) mass is 233 g/mol. The van der Waals surface area contributed by atoms with Crippen LogP contribution in [0, 0.1) is 5.92 Å². The van der Waals surface area contributed by atoms with Crippen LogP contribution in [0.1, 0.15) is 37.7 Å². The topological polar surface area (TPSA) is 63.3 Å². The summed E-state index contributed by atoms with van der Waals surface area (Å²) in [5, 5.41) is 9.31. The van der Waals surface area contributed by atoms with Gasteiger partial charge >= 0.3 is 5.97 Å². The van der Waals surface area contributed by atoms with Gasteiger partial charge in [0.05, 0.1) is 0 Å². The van der Waals surface area contributed by atoms with E-state index in [0.717, 1.165) is 12.8 Å². The maximum absolute atomic E-state index is 11.3. The van der Waals surface area contributed by atoms with E-state index in [-0.39, 0.29) is 11.8 Å². The van der Waals surface area contributed by atoms with Crippen molar-refractivity contribution in [1.29, 1.82) is 0 Å². The van der Waals surface area contributed by atoms with E-state index in [4.69, 9.17) is 5.73 Å². The maximum atomic E-state index is 11.3. The van der Waals surface area contributed by atoms with Crippen molar-refractivity contribution in [3.63, 3.8) is 0 Å². The molecule has 0 heterocycles. The predicted molar refractivity (Wildman–Crippen MR) is 66.8 cm³/mol. The van der Waals surface area contributed by atoms with E-state index in [1.807, 2.05) is 25.1 Å². The lowest BCUT2D eigenvalue weighted by molar-refractivity contribution is -0.144. The number of benzene rings is 1. The minimum Gasteiger partial charge on any atom is -0.480 e. The lowest BCUT2D eigenvalue weighted by Crippen LogP contribution is -2.51. The number of nitrogens with two attached hydrogens (primary N) is 1. The molecule has 0 spiro atoms. The number of carboxylic acids is 1. The Hall–Kier alpha value is -1.35. The zero-order valence-corrected chi connectivity index (χ0v) is 10.1. The summed E-state index contributed by atoms with van der Waals surface area (Å²) >= 11 is 0. The molecule has 0 aliphatic heterocycles. The lowest BCUT2D eigenvalue weighted by Gasteiger charge is -2.29. The van der Waals surface area contributed by atoms with Crippen molar-refractivity contribution in [3.8, 4) is 0 Å². The molecule has 3 nitrogen and oxygen atoms in total. The van der Waals surface area contributed by atoms with E-state index >= 15 is 0 Å². The largest absolute Gasteiger partial charge is 0.480 e. The Kier molecular flexibility index (Phi) is 3.20. The van der Waals surface area contributed by atoms with Gasteiger partial charge in [-0.15, -0.1) is 0 Å². The smallest absolute Gasteiger partial charge is 0.323 e. The quantitative estimate of drug-likeness (QED) is 0.842. The first-order chi connectivity index (χ1) is 8.09. The number of carboxylic acid groups (broad SMARTS) is 1. The first kappa shape index (κ1) is 12.1. The van der Waals surface area contributed by atoms with Gasteiger partial charge in [-0.3, -0.25) is 4.79 Å². The third-order valence-corrected chi connectivity index (χ3v) is 4.08. The Morgan fingerprint density at radius 1 is 1.47 bits per heavy atom. The van der Waals surface area contributed by atoms with Gasteiger partial charge in [0.1, 0.15) is 5.54 Å². The van der Waals surface area contributed by atoms with Gasteiger partial charge in [-0.2, -0.15) is 0 Å². The molecule has 0 aromatic heterocycles. The summed E-state index contributed by atoms with van der Waals surface area (Å²) in [5.74, 6) is -0.549. The van der Waals surface area contributed by atoms with Crippen molar-refractivity contribution in [2.24, 2.45) is 11.7 Å². The number of hydrogen-bond acceptors (Lipinski definition) is 2. The molecule has 3 heteroatoms. The van der Waals surface area contributed by atoms with Crippen LogP contribution in [0.2, 0.25) is 0 Å². The van der Waals surface area contributed by atoms with Gasteiger partial charge in [-0.1, -0.05) is 43.7 Å². The van der Waals surface area contributed by atoms with E-state index in [1.165, 1.54) is 5.56 Å². The summed E-state index contributed by atoms with van der Waals surface area (Å²) in [6.07, 6.45) is 2.24. The number of carbonyl (C=O) groups is 1. The zero-order valence-electron chi connectivity index (χ0n) is 10.1. The standard InChI is InChI=1S/C14H19NO2/c1-2-12-11(10-6-4-3-5-7-10)8-9-14(12,15)13(16)17/h3-7,11-12H,2,8-9,15H2,1H3,(H,16,17). The van der Waals surface area contributed by atoms with Gasteiger partial charge in [-0.05, 0) is 30.2 Å². The summed E-state index contributed by atoms with van der Waals surface area (Å²) in [6.45, 7) is 2.02. The molecule has 1 saturated carbocycles. The molecule has 3 unspecified atom stereocenters. The van der Waals surface area contributed by atoms with Crippen molar-refractivity contribution < 1.29 is 9.90 Å². The highest BCUT2D eigenvalue weighted by atomic mass is 16.4. The molecule has 1 aliphatic carbocycles. The highest BCUT2D eigenvalue weighted by Crippen LogP contribution is 2.46. The average Bonchev–Trinajstić information content (AvgIpc) is 2.69. The van der Waals surface area contributed by atoms with Gasteiger partial charge in [0.2, 0.25) is 0 Å². The van der Waals surface area contributed by atoms with E-state index in [9.17, 15) is 9.90 Å². The molecule has 0 bridgehead atoms. The van der Waals surface area contributed by atoms with Crippen LogP contribution in [0.4, 0.5) is 0 Å². The summed E-state index contributed by atoms with van der Waals surface area (Å²) in [6, 6.07) is 10.1. The first-order valence-corrected chi connectivity index (χ1v) is 6.16. The molecule has 92 valence electrons. The summed E-state index contributed by atoms with van der Waals surface area (Å²) in [4.78, 5) is 11.3. The Morgan fingerprint density at radius 3 is 2.65 bits per heavy atom. The second kappa shape index (κ2) is 4.49. The third kappa shape index (κ3) is 1.95. The molecular formula is C14H19NO2. The van der Waals surface area contributed by atoms with Crippen LogP contribution < -0.4 is 5.73 Å². The summed E-state index contributed by atoms with van der Waals surface area (Å²) in [7, 11) is 0. The van der Waals surface area contributed by atoms with Gasteiger partial charge < -0.3 is 10.8 Å². The third-order valence-electron chi connectivity index (χ3n) is 4.08. The van der Waals surface area contributed by atoms with Gasteiger partial charge in [0.25, 0.3) is 0 Å². The Labute approximate surface area is 102 Å². The Balaban J connectivity index is 2.31. The first-order valence-electron chi connectivity index (χ1n) is 6.16. The molecule has 1 fully saturated rings. The fraction of sp³-hybridized carbons (Fsp3) is 0.500. The highest BCUT2D eigenvalue weighted by molar-refractivity contribution is 5.79. The van der Waals surface area contributed by atoms with Crippen LogP contribution in [-0.4, -0.2) is 16.6 Å². The Bertz CT molecular complexity index is 404. The minimum atomic E-state index is -1.05. The van der Waals surface area contributed by atoms with Gasteiger partial charge in [-0.25, -0.2) is 0 Å². The van der Waals surface area contributed by atoms with E-state index in [0.29, 0.717) is 6.42 Å². The second-order valence-corrected chi connectivity index (χ2v) is 4.92. The van der Waals surface area contributed by atoms with Crippen LogP contribution in [-0.2, 0) is 4.79 Å². The van der Waals surface area contributed by atoms with E-state index < -0.39 is 11.5 Å². The normalized spacial score (nSPS) is 32.6. The average molecular weight is 233 g/mol. The predicted octanol–water partition coefficient (Wildman–Crippen LogP) is 2.37. The molecule has 2 rings (SSSR count). The van der Waals surface area contributed by atoms with Crippen LogP contribution in [0.3, 0.4) is 0 Å². The summed E-state index contributed by atoms with van der Waals surface area (Å²) < 4.78 is 0. The van der Waals surface area contributed by atoms with Crippen molar-refractivity contribution >= 4 is 5.97 Å². The molecule has 17 heavy (non-hydrogen) atoms. The molecule has 3 atom stereocenters. The van der Waals surface area contributed by atoms with Crippen molar-refractivity contribution in [2.75, 3.05) is 0 Å². The van der Waals surface area contributed by atoms with Crippen molar-refractivity contribution in [1.82, 2.24) is 0 Å². The van der Waals surface area contributed by atoms with E-state index in [2.05, 4.69) is 12.1 Å². The summed E-state index contributed by atoms with van der Waals surface area (Å²) in [5.41, 5.74) is 6.25. The molecule has 1 aliphatic rings. The number of rotatable bonds is 3. The molecule has 1 aromatic carbocycles. The SMILES string of the molecule is CCC1C(c2ccccc2)CCC1(N)C(=O)O. The lowest BCUT2D eigenvalue weighted by atomic mass is 9.79. The molecule has 0 saturated heterocycles. The number of aliphatic carboxylic acids is 1.